The quantitative estimate of drug-likeness (QED) is 0.781. The summed E-state index contributed by atoms with van der Waals surface area (Å²) >= 11 is 0. The molecule has 0 spiro atoms. The van der Waals surface area contributed by atoms with Gasteiger partial charge in [-0.05, 0) is 38.1 Å². The van der Waals surface area contributed by atoms with Crippen LogP contribution in [0.1, 0.15) is 12.8 Å². The summed E-state index contributed by atoms with van der Waals surface area (Å²) < 4.78 is 18.8. The summed E-state index contributed by atoms with van der Waals surface area (Å²) in [4.78, 5) is 0. The van der Waals surface area contributed by atoms with Crippen molar-refractivity contribution in [3.63, 3.8) is 0 Å². The van der Waals surface area contributed by atoms with Gasteiger partial charge in [-0.1, -0.05) is 0 Å². The lowest BCUT2D eigenvalue weighted by Gasteiger charge is -2.23. The molecular formula is C11H14FNO2. The maximum atomic E-state index is 13.3. The molecule has 82 valence electrons. The Morgan fingerprint density at radius 1 is 1.33 bits per heavy atom. The molecule has 1 heterocycles. The monoisotopic (exact) mass is 211 g/mol. The lowest BCUT2D eigenvalue weighted by atomic mass is 10.1. The molecule has 1 aliphatic heterocycles. The number of nitrogens with one attached hydrogen (secondary N) is 1. The molecule has 1 fully saturated rings. The Morgan fingerprint density at radius 3 is 2.80 bits per heavy atom. The zero-order valence-electron chi connectivity index (χ0n) is 8.37. The zero-order valence-corrected chi connectivity index (χ0v) is 8.37. The van der Waals surface area contributed by atoms with Gasteiger partial charge in [0.2, 0.25) is 0 Å². The Kier molecular flexibility index (Phi) is 3.06. The second-order valence-corrected chi connectivity index (χ2v) is 3.68. The predicted octanol–water partition coefficient (Wildman–Crippen LogP) is 1.66. The molecule has 3 nitrogen and oxygen atoms in total. The van der Waals surface area contributed by atoms with Crippen molar-refractivity contribution in [3.8, 4) is 11.5 Å². The van der Waals surface area contributed by atoms with E-state index in [9.17, 15) is 9.50 Å². The number of aromatic hydroxyl groups is 1. The van der Waals surface area contributed by atoms with E-state index in [0.717, 1.165) is 25.9 Å². The summed E-state index contributed by atoms with van der Waals surface area (Å²) in [5, 5.41) is 12.4. The molecule has 0 atom stereocenters. The zero-order chi connectivity index (χ0) is 10.7. The van der Waals surface area contributed by atoms with Gasteiger partial charge in [0.1, 0.15) is 11.9 Å². The highest BCUT2D eigenvalue weighted by molar-refractivity contribution is 5.33. The van der Waals surface area contributed by atoms with E-state index in [0.29, 0.717) is 0 Å². The van der Waals surface area contributed by atoms with Crippen molar-refractivity contribution in [2.75, 3.05) is 13.1 Å². The second-order valence-electron chi connectivity index (χ2n) is 3.68. The number of benzene rings is 1. The predicted molar refractivity (Wildman–Crippen MR) is 54.6 cm³/mol. The van der Waals surface area contributed by atoms with Crippen LogP contribution in [-0.2, 0) is 0 Å². The summed E-state index contributed by atoms with van der Waals surface area (Å²) in [5.41, 5.74) is 0. The molecule has 2 N–H and O–H groups in total. The summed E-state index contributed by atoms with van der Waals surface area (Å²) in [6.07, 6.45) is 1.78. The van der Waals surface area contributed by atoms with Crippen LogP contribution in [0.3, 0.4) is 0 Å². The highest BCUT2D eigenvalue weighted by Gasteiger charge is 2.16. The standard InChI is InChI=1S/C11H14FNO2/c12-10-2-1-8(14)7-11(10)15-9-3-5-13-6-4-9/h1-2,7,9,13-14H,3-6H2. The van der Waals surface area contributed by atoms with E-state index >= 15 is 0 Å². The minimum absolute atomic E-state index is 0.0281. The summed E-state index contributed by atoms with van der Waals surface area (Å²) in [5.74, 6) is -0.256. The van der Waals surface area contributed by atoms with E-state index in [1.807, 2.05) is 0 Å². The van der Waals surface area contributed by atoms with Crippen molar-refractivity contribution in [2.45, 2.75) is 18.9 Å². The molecule has 2 rings (SSSR count). The number of rotatable bonds is 2. The fourth-order valence-corrected chi connectivity index (χ4v) is 1.68. The maximum absolute atomic E-state index is 13.3. The van der Waals surface area contributed by atoms with Crippen LogP contribution >= 0.6 is 0 Å². The van der Waals surface area contributed by atoms with Crippen LogP contribution in [0.2, 0.25) is 0 Å². The number of ether oxygens (including phenoxy) is 1. The Morgan fingerprint density at radius 2 is 2.07 bits per heavy atom. The van der Waals surface area contributed by atoms with Crippen LogP contribution in [-0.4, -0.2) is 24.3 Å². The fourth-order valence-electron chi connectivity index (χ4n) is 1.68. The lowest BCUT2D eigenvalue weighted by molar-refractivity contribution is 0.155. The van der Waals surface area contributed by atoms with Gasteiger partial charge in [0.15, 0.2) is 11.6 Å². The molecule has 0 aliphatic carbocycles. The van der Waals surface area contributed by atoms with Crippen molar-refractivity contribution in [1.29, 1.82) is 0 Å². The molecule has 1 aromatic rings. The van der Waals surface area contributed by atoms with Crippen LogP contribution in [0.25, 0.3) is 0 Å². The third-order valence-corrected chi connectivity index (χ3v) is 2.49. The third kappa shape index (κ3) is 2.59. The van der Waals surface area contributed by atoms with Gasteiger partial charge in [-0.15, -0.1) is 0 Å². The fraction of sp³-hybridized carbons (Fsp3) is 0.455. The van der Waals surface area contributed by atoms with Gasteiger partial charge in [-0.3, -0.25) is 0 Å². The first-order chi connectivity index (χ1) is 7.25. The first-order valence-corrected chi connectivity index (χ1v) is 5.11. The van der Waals surface area contributed by atoms with Crippen LogP contribution in [0.4, 0.5) is 4.39 Å². The van der Waals surface area contributed by atoms with Gasteiger partial charge in [0.05, 0.1) is 0 Å². The third-order valence-electron chi connectivity index (χ3n) is 2.49. The first kappa shape index (κ1) is 10.2. The van der Waals surface area contributed by atoms with Crippen LogP contribution in [0.5, 0.6) is 11.5 Å². The topological polar surface area (TPSA) is 41.5 Å². The number of phenolic OH excluding ortho intramolecular Hbond substituents is 1. The summed E-state index contributed by atoms with van der Waals surface area (Å²) in [6, 6.07) is 3.84. The molecule has 0 radical (unpaired) electrons. The van der Waals surface area contributed by atoms with E-state index in [1.54, 1.807) is 0 Å². The molecule has 0 aromatic heterocycles. The van der Waals surface area contributed by atoms with Crippen molar-refractivity contribution >= 4 is 0 Å². The number of hydrogen-bond donors (Lipinski definition) is 2. The van der Waals surface area contributed by atoms with Crippen LogP contribution < -0.4 is 10.1 Å². The molecule has 0 unspecified atom stereocenters. The van der Waals surface area contributed by atoms with Gasteiger partial charge in [0.25, 0.3) is 0 Å². The normalized spacial score (nSPS) is 17.7. The molecule has 0 amide bonds. The van der Waals surface area contributed by atoms with Crippen LogP contribution in [0.15, 0.2) is 18.2 Å². The number of halogens is 1. The van der Waals surface area contributed by atoms with Gasteiger partial charge in [-0.2, -0.15) is 0 Å². The maximum Gasteiger partial charge on any atom is 0.165 e. The highest BCUT2D eigenvalue weighted by Crippen LogP contribution is 2.24. The first-order valence-electron chi connectivity index (χ1n) is 5.11. The largest absolute Gasteiger partial charge is 0.508 e. The van der Waals surface area contributed by atoms with Crippen molar-refractivity contribution in [1.82, 2.24) is 5.32 Å². The Hall–Kier alpha value is -1.29. The van der Waals surface area contributed by atoms with Crippen molar-refractivity contribution in [2.24, 2.45) is 0 Å². The number of phenols is 1. The minimum Gasteiger partial charge on any atom is -0.508 e. The Bertz CT molecular complexity index is 337. The summed E-state index contributed by atoms with van der Waals surface area (Å²) in [6.45, 7) is 1.79. The van der Waals surface area contributed by atoms with Gasteiger partial charge in [0, 0.05) is 6.07 Å². The second kappa shape index (κ2) is 4.49. The molecule has 1 aromatic carbocycles. The minimum atomic E-state index is -0.425. The smallest absolute Gasteiger partial charge is 0.165 e. The molecule has 4 heteroatoms. The van der Waals surface area contributed by atoms with Gasteiger partial charge in [-0.25, -0.2) is 4.39 Å². The number of piperidine rings is 1. The SMILES string of the molecule is Oc1ccc(F)c(OC2CCNCC2)c1. The van der Waals surface area contributed by atoms with E-state index in [4.69, 9.17) is 4.74 Å². The molecule has 0 saturated carbocycles. The average Bonchev–Trinajstić information content (AvgIpc) is 2.25. The van der Waals surface area contributed by atoms with Crippen LogP contribution in [0, 0.1) is 5.82 Å². The molecule has 0 bridgehead atoms. The Labute approximate surface area is 87.9 Å². The number of hydrogen-bond acceptors (Lipinski definition) is 3. The lowest BCUT2D eigenvalue weighted by Crippen LogP contribution is -2.34. The molecular weight excluding hydrogens is 197 g/mol. The summed E-state index contributed by atoms with van der Waals surface area (Å²) in [7, 11) is 0. The van der Waals surface area contributed by atoms with Crippen molar-refractivity contribution in [3.05, 3.63) is 24.0 Å². The van der Waals surface area contributed by atoms with Gasteiger partial charge >= 0.3 is 0 Å². The average molecular weight is 211 g/mol. The molecule has 1 aliphatic rings. The molecule has 15 heavy (non-hydrogen) atoms. The van der Waals surface area contributed by atoms with Crippen molar-refractivity contribution < 1.29 is 14.2 Å². The van der Waals surface area contributed by atoms with E-state index < -0.39 is 5.82 Å². The van der Waals surface area contributed by atoms with E-state index in [1.165, 1.54) is 18.2 Å². The van der Waals surface area contributed by atoms with E-state index in [-0.39, 0.29) is 17.6 Å². The Balaban J connectivity index is 2.05. The van der Waals surface area contributed by atoms with Gasteiger partial charge < -0.3 is 15.2 Å². The molecule has 1 saturated heterocycles. The highest BCUT2D eigenvalue weighted by atomic mass is 19.1. The van der Waals surface area contributed by atoms with E-state index in [2.05, 4.69) is 5.32 Å².